The highest BCUT2D eigenvalue weighted by Gasteiger charge is 2.25. The van der Waals surface area contributed by atoms with Gasteiger partial charge in [-0.15, -0.1) is 0 Å². The van der Waals surface area contributed by atoms with E-state index < -0.39 is 0 Å². The summed E-state index contributed by atoms with van der Waals surface area (Å²) in [6.45, 7) is 4.16. The van der Waals surface area contributed by atoms with E-state index in [1.54, 1.807) is 0 Å². The van der Waals surface area contributed by atoms with Gasteiger partial charge in [-0.2, -0.15) is 0 Å². The molecular formula is C60H46N6. The van der Waals surface area contributed by atoms with Gasteiger partial charge in [0.1, 0.15) is 0 Å². The van der Waals surface area contributed by atoms with Crippen LogP contribution in [0.5, 0.6) is 0 Å². The van der Waals surface area contributed by atoms with Crippen molar-refractivity contribution < 1.29 is 0 Å². The van der Waals surface area contributed by atoms with Crippen LogP contribution in [-0.2, 0) is 6.42 Å². The molecule has 1 atom stereocenters. The van der Waals surface area contributed by atoms with Crippen LogP contribution in [-0.4, -0.2) is 29.5 Å². The lowest BCUT2D eigenvalue weighted by molar-refractivity contribution is 0.781. The molecule has 3 aromatic heterocycles. The lowest BCUT2D eigenvalue weighted by atomic mass is 9.84. The molecule has 6 aromatic carbocycles. The summed E-state index contributed by atoms with van der Waals surface area (Å²) in [5, 5.41) is 2.36. The van der Waals surface area contributed by atoms with Crippen LogP contribution in [0.1, 0.15) is 30.4 Å². The number of fused-ring (bicyclic) bond motifs is 4. The topological polar surface area (TPSA) is 69.4 Å². The molecule has 0 N–H and O–H groups in total. The van der Waals surface area contributed by atoms with E-state index in [1.807, 2.05) is 55.5 Å². The van der Waals surface area contributed by atoms with Crippen LogP contribution in [0.25, 0.3) is 89.6 Å². The Labute approximate surface area is 385 Å². The zero-order valence-electron chi connectivity index (χ0n) is 36.9. The zero-order chi connectivity index (χ0) is 44.4. The predicted octanol–water partition coefficient (Wildman–Crippen LogP) is 14.5. The molecule has 2 aliphatic rings. The Balaban J connectivity index is 1.21. The van der Waals surface area contributed by atoms with Crippen molar-refractivity contribution in [1.29, 1.82) is 0 Å². The standard InChI is InChI=1S/C60H46N6/c1-3-4-5-15-34-51-40(2)56(62-57(61-51)43-25-11-7-12-26-43)45-37-38-53(66-52-35-19-18-31-49(52)55-47(32-21-36-54(55)66)42-22-9-6-10-23-42)50(39-45)60-64-58(44-27-13-8-14-28-44)63-59(65-60)48-33-20-29-41-24-16-17-30-46(41)48/h3-28,30-33,35-39,41H,29,34H2,1-2H3/b4-3-,15-5-. The van der Waals surface area contributed by atoms with Crippen molar-refractivity contribution >= 4 is 27.4 Å². The van der Waals surface area contributed by atoms with E-state index in [-0.39, 0.29) is 5.92 Å². The van der Waals surface area contributed by atoms with Crippen molar-refractivity contribution in [2.45, 2.75) is 26.7 Å². The second kappa shape index (κ2) is 17.7. The highest BCUT2D eigenvalue weighted by molar-refractivity contribution is 6.16. The van der Waals surface area contributed by atoms with Crippen molar-refractivity contribution in [3.05, 3.63) is 235 Å². The Morgan fingerprint density at radius 1 is 0.576 bits per heavy atom. The van der Waals surface area contributed by atoms with E-state index in [0.29, 0.717) is 29.7 Å². The van der Waals surface area contributed by atoms with Crippen molar-refractivity contribution in [2.75, 3.05) is 0 Å². The monoisotopic (exact) mass is 850 g/mol. The van der Waals surface area contributed by atoms with Gasteiger partial charge < -0.3 is 4.57 Å². The smallest absolute Gasteiger partial charge is 0.166 e. The van der Waals surface area contributed by atoms with Gasteiger partial charge in [0, 0.05) is 50.9 Å². The molecule has 9 aromatic rings. The quantitative estimate of drug-likeness (QED) is 0.128. The van der Waals surface area contributed by atoms with Gasteiger partial charge in [0.25, 0.3) is 0 Å². The minimum atomic E-state index is 0.257. The highest BCUT2D eigenvalue weighted by Crippen LogP contribution is 2.42. The van der Waals surface area contributed by atoms with Gasteiger partial charge in [0.05, 0.1) is 28.1 Å². The molecule has 0 saturated heterocycles. The molecule has 1 unspecified atom stereocenters. The summed E-state index contributed by atoms with van der Waals surface area (Å²) in [7, 11) is 0. The van der Waals surface area contributed by atoms with Crippen LogP contribution in [0.15, 0.2) is 218 Å². The van der Waals surface area contributed by atoms with E-state index in [0.717, 1.165) is 67.9 Å². The van der Waals surface area contributed by atoms with Gasteiger partial charge in [-0.3, -0.25) is 0 Å². The predicted molar refractivity (Wildman–Crippen MR) is 272 cm³/mol. The Morgan fingerprint density at radius 3 is 2.03 bits per heavy atom. The average molecular weight is 851 g/mol. The van der Waals surface area contributed by atoms with Crippen LogP contribution < -0.4 is 0 Å². The van der Waals surface area contributed by atoms with Gasteiger partial charge in [0.15, 0.2) is 23.3 Å². The Morgan fingerprint density at radius 2 is 1.26 bits per heavy atom. The molecule has 316 valence electrons. The molecule has 11 rings (SSSR count). The summed E-state index contributed by atoms with van der Waals surface area (Å²) in [6, 6.07) is 53.1. The molecule has 0 radical (unpaired) electrons. The number of allylic oxidation sites excluding steroid dienone is 12. The molecule has 0 bridgehead atoms. The lowest BCUT2D eigenvalue weighted by Crippen LogP contribution is -2.11. The summed E-state index contributed by atoms with van der Waals surface area (Å²) < 4.78 is 2.38. The molecule has 0 aliphatic heterocycles. The van der Waals surface area contributed by atoms with Gasteiger partial charge in [-0.25, -0.2) is 24.9 Å². The Bertz CT molecular complexity index is 3480. The fourth-order valence-electron chi connectivity index (χ4n) is 9.37. The van der Waals surface area contributed by atoms with Crippen molar-refractivity contribution in [1.82, 2.24) is 29.5 Å². The molecular weight excluding hydrogens is 805 g/mol. The van der Waals surface area contributed by atoms with E-state index in [2.05, 4.69) is 175 Å². The van der Waals surface area contributed by atoms with Crippen LogP contribution >= 0.6 is 0 Å². The largest absolute Gasteiger partial charge is 0.308 e. The van der Waals surface area contributed by atoms with E-state index >= 15 is 0 Å². The van der Waals surface area contributed by atoms with Gasteiger partial charge in [-0.05, 0) is 66.8 Å². The first-order valence-corrected chi connectivity index (χ1v) is 22.6. The molecule has 3 heterocycles. The first kappa shape index (κ1) is 40.4. The van der Waals surface area contributed by atoms with Crippen molar-refractivity contribution in [3.8, 4) is 62.2 Å². The number of hydrogen-bond donors (Lipinski definition) is 0. The molecule has 2 aliphatic carbocycles. The molecule has 0 amide bonds. The van der Waals surface area contributed by atoms with Gasteiger partial charge in [0.2, 0.25) is 0 Å². The SMILES string of the molecule is C/C=C\C=C/Cc1nc(-c2ccccc2)nc(-c2ccc(-n3c4ccccc4c4c(-c5ccccc5)cccc43)c(-c3nc(C4=C5C=CC=CC5CC=C4)nc(-c4ccccc4)n3)c2)c1C. The van der Waals surface area contributed by atoms with Crippen LogP contribution in [0.3, 0.4) is 0 Å². The van der Waals surface area contributed by atoms with Gasteiger partial charge >= 0.3 is 0 Å². The minimum absolute atomic E-state index is 0.257. The first-order valence-electron chi connectivity index (χ1n) is 22.6. The summed E-state index contributed by atoms with van der Waals surface area (Å²) in [4.78, 5) is 26.7. The number of rotatable bonds is 10. The van der Waals surface area contributed by atoms with Crippen molar-refractivity contribution in [3.63, 3.8) is 0 Å². The first-order chi connectivity index (χ1) is 32.6. The van der Waals surface area contributed by atoms with Gasteiger partial charge in [-0.1, -0.05) is 188 Å². The van der Waals surface area contributed by atoms with Crippen LogP contribution in [0.4, 0.5) is 0 Å². The molecule has 66 heavy (non-hydrogen) atoms. The highest BCUT2D eigenvalue weighted by atomic mass is 15.1. The number of aromatic nitrogens is 6. The van der Waals surface area contributed by atoms with E-state index in [4.69, 9.17) is 24.9 Å². The number of benzene rings is 6. The van der Waals surface area contributed by atoms with Crippen LogP contribution in [0.2, 0.25) is 0 Å². The fourth-order valence-corrected chi connectivity index (χ4v) is 9.37. The normalized spacial score (nSPS) is 14.6. The van der Waals surface area contributed by atoms with Crippen molar-refractivity contribution in [2.24, 2.45) is 5.92 Å². The molecule has 6 nitrogen and oxygen atoms in total. The number of nitrogens with zero attached hydrogens (tertiary/aromatic N) is 6. The lowest BCUT2D eigenvalue weighted by Gasteiger charge is -2.22. The maximum Gasteiger partial charge on any atom is 0.166 e. The number of hydrogen-bond acceptors (Lipinski definition) is 5. The third-order valence-electron chi connectivity index (χ3n) is 12.6. The third kappa shape index (κ3) is 7.52. The fraction of sp³-hybridized carbons (Fsp3) is 0.0833. The maximum absolute atomic E-state index is 5.49. The molecule has 0 fully saturated rings. The van der Waals surface area contributed by atoms with E-state index in [1.165, 1.54) is 27.5 Å². The molecule has 0 saturated carbocycles. The molecule has 6 heteroatoms. The zero-order valence-corrected chi connectivity index (χ0v) is 36.9. The van der Waals surface area contributed by atoms with Crippen LogP contribution in [0, 0.1) is 12.8 Å². The molecule has 0 spiro atoms. The number of para-hydroxylation sites is 1. The summed E-state index contributed by atoms with van der Waals surface area (Å²) in [5.41, 5.74) is 14.2. The Hall–Kier alpha value is -8.35. The Kier molecular flexibility index (Phi) is 10.8. The minimum Gasteiger partial charge on any atom is -0.308 e. The second-order valence-corrected chi connectivity index (χ2v) is 16.7. The summed E-state index contributed by atoms with van der Waals surface area (Å²) in [6.07, 6.45) is 23.0. The second-order valence-electron chi connectivity index (χ2n) is 16.7. The maximum atomic E-state index is 5.49. The average Bonchev–Trinajstić information content (AvgIpc) is 3.73. The summed E-state index contributed by atoms with van der Waals surface area (Å²) in [5.74, 6) is 2.76. The third-order valence-corrected chi connectivity index (χ3v) is 12.6. The van der Waals surface area contributed by atoms with E-state index in [9.17, 15) is 0 Å². The summed E-state index contributed by atoms with van der Waals surface area (Å²) >= 11 is 0.